The van der Waals surface area contributed by atoms with Crippen LogP contribution < -0.4 is 26.0 Å². The summed E-state index contributed by atoms with van der Waals surface area (Å²) >= 11 is 1.51. The minimum absolute atomic E-state index is 0.0141. The highest BCUT2D eigenvalue weighted by Gasteiger charge is 2.23. The molecule has 35 heavy (non-hydrogen) atoms. The van der Waals surface area contributed by atoms with Gasteiger partial charge in [-0.2, -0.15) is 0 Å². The second-order valence-electron chi connectivity index (χ2n) is 8.58. The maximum Gasteiger partial charge on any atom is 0.235 e. The van der Waals surface area contributed by atoms with E-state index in [0.717, 1.165) is 30.0 Å². The van der Waals surface area contributed by atoms with Crippen molar-refractivity contribution in [3.05, 3.63) is 42.2 Å². The topological polar surface area (TPSA) is 130 Å². The fourth-order valence-corrected chi connectivity index (χ4v) is 5.01. The normalized spacial score (nSPS) is 19.6. The van der Waals surface area contributed by atoms with E-state index >= 15 is 0 Å². The highest BCUT2D eigenvalue weighted by atomic mass is 32.2. The van der Waals surface area contributed by atoms with Gasteiger partial charge in [0.1, 0.15) is 11.3 Å². The molecule has 182 valence electrons. The van der Waals surface area contributed by atoms with Crippen LogP contribution in [0.25, 0.3) is 11.0 Å². The number of para-hydroxylation sites is 1. The number of piperidine rings is 1. The number of nitrogens with one attached hydrogen (secondary N) is 4. The molecular formula is C24H27N7O3S. The van der Waals surface area contributed by atoms with Crippen LogP contribution >= 0.6 is 11.8 Å². The van der Waals surface area contributed by atoms with Crippen LogP contribution in [0.4, 0.5) is 11.5 Å². The van der Waals surface area contributed by atoms with E-state index in [2.05, 4.69) is 36.2 Å². The van der Waals surface area contributed by atoms with Crippen molar-refractivity contribution in [3.8, 4) is 5.88 Å². The van der Waals surface area contributed by atoms with Crippen LogP contribution in [0.5, 0.6) is 5.88 Å². The van der Waals surface area contributed by atoms with Gasteiger partial charge in [-0.3, -0.25) is 9.59 Å². The van der Waals surface area contributed by atoms with Gasteiger partial charge in [0.05, 0.1) is 40.9 Å². The number of ether oxygens (including phenoxy) is 1. The SMILES string of the molecule is COc1cnc2cccc(NC(=O)CC3CCC(NCc4ccc5c(n4)NC(=O)CS5)CN3)c2n1. The summed E-state index contributed by atoms with van der Waals surface area (Å²) in [7, 11) is 1.54. The van der Waals surface area contributed by atoms with Crippen molar-refractivity contribution in [2.45, 2.75) is 42.8 Å². The molecule has 1 fully saturated rings. The van der Waals surface area contributed by atoms with Crippen LogP contribution in [0.3, 0.4) is 0 Å². The minimum atomic E-state index is -0.0656. The Morgan fingerprint density at radius 2 is 2.14 bits per heavy atom. The van der Waals surface area contributed by atoms with Gasteiger partial charge in [-0.25, -0.2) is 15.0 Å². The lowest BCUT2D eigenvalue weighted by Crippen LogP contribution is -2.48. The number of rotatable bonds is 7. The third kappa shape index (κ3) is 5.69. The van der Waals surface area contributed by atoms with Gasteiger partial charge >= 0.3 is 0 Å². The molecule has 4 N–H and O–H groups in total. The summed E-state index contributed by atoms with van der Waals surface area (Å²) in [5.74, 6) is 1.41. The molecule has 1 saturated heterocycles. The van der Waals surface area contributed by atoms with Crippen molar-refractivity contribution in [2.75, 3.05) is 30.0 Å². The van der Waals surface area contributed by atoms with Gasteiger partial charge in [0.2, 0.25) is 17.7 Å². The zero-order chi connectivity index (χ0) is 24.2. The van der Waals surface area contributed by atoms with E-state index in [9.17, 15) is 9.59 Å². The number of methoxy groups -OCH3 is 1. The fourth-order valence-electron chi connectivity index (χ4n) is 4.26. The summed E-state index contributed by atoms with van der Waals surface area (Å²) in [5.41, 5.74) is 2.82. The predicted molar refractivity (Wildman–Crippen MR) is 135 cm³/mol. The summed E-state index contributed by atoms with van der Waals surface area (Å²) in [6.45, 7) is 1.39. The first-order valence-corrected chi connectivity index (χ1v) is 12.5. The lowest BCUT2D eigenvalue weighted by atomic mass is 9.98. The standard InChI is InChI=1S/C24H27N7O3S/c1-34-22-12-27-17-3-2-4-18(23(17)31-22)29-20(32)9-14-5-6-15(10-25-14)26-11-16-7-8-19-24(28-16)30-21(33)13-35-19/h2-4,7-8,12,14-15,25-26H,5-6,9-11,13H2,1H3,(H,29,32)(H,28,30,33). The molecule has 0 spiro atoms. The third-order valence-electron chi connectivity index (χ3n) is 6.09. The molecule has 0 bridgehead atoms. The fraction of sp³-hybridized carbons (Fsp3) is 0.375. The lowest BCUT2D eigenvalue weighted by Gasteiger charge is -2.30. The molecule has 0 radical (unpaired) electrons. The van der Waals surface area contributed by atoms with Gasteiger partial charge in [0, 0.05) is 31.6 Å². The number of aromatic nitrogens is 3. The number of benzene rings is 1. The Hall–Kier alpha value is -3.28. The molecule has 2 amide bonds. The largest absolute Gasteiger partial charge is 0.480 e. The smallest absolute Gasteiger partial charge is 0.235 e. The Morgan fingerprint density at radius 1 is 1.23 bits per heavy atom. The first kappa shape index (κ1) is 23.5. The van der Waals surface area contributed by atoms with Crippen LogP contribution in [0.2, 0.25) is 0 Å². The zero-order valence-corrected chi connectivity index (χ0v) is 20.2. The molecule has 2 aliphatic heterocycles. The summed E-state index contributed by atoms with van der Waals surface area (Å²) < 4.78 is 5.17. The molecule has 10 nitrogen and oxygen atoms in total. The van der Waals surface area contributed by atoms with Crippen molar-refractivity contribution >= 4 is 46.1 Å². The van der Waals surface area contributed by atoms with Crippen LogP contribution in [-0.2, 0) is 16.1 Å². The van der Waals surface area contributed by atoms with E-state index in [0.29, 0.717) is 47.1 Å². The van der Waals surface area contributed by atoms with E-state index in [1.807, 2.05) is 30.3 Å². The first-order valence-electron chi connectivity index (χ1n) is 11.6. The summed E-state index contributed by atoms with van der Waals surface area (Å²) in [6.07, 6.45) is 3.78. The number of carbonyl (C=O) groups is 2. The zero-order valence-electron chi connectivity index (χ0n) is 19.3. The lowest BCUT2D eigenvalue weighted by molar-refractivity contribution is -0.117. The number of hydrogen-bond donors (Lipinski definition) is 4. The van der Waals surface area contributed by atoms with Crippen molar-refractivity contribution < 1.29 is 14.3 Å². The molecule has 11 heteroatoms. The summed E-state index contributed by atoms with van der Waals surface area (Å²) in [6, 6.07) is 9.92. The molecule has 0 saturated carbocycles. The van der Waals surface area contributed by atoms with Crippen molar-refractivity contribution in [1.82, 2.24) is 25.6 Å². The van der Waals surface area contributed by atoms with Crippen LogP contribution in [0, 0.1) is 0 Å². The number of anilines is 2. The average molecular weight is 494 g/mol. The third-order valence-corrected chi connectivity index (χ3v) is 7.13. The molecule has 2 atom stereocenters. The molecule has 1 aromatic carbocycles. The number of carbonyl (C=O) groups excluding carboxylic acids is 2. The minimum Gasteiger partial charge on any atom is -0.480 e. The molecule has 2 unspecified atom stereocenters. The molecular weight excluding hydrogens is 466 g/mol. The number of fused-ring (bicyclic) bond motifs is 2. The average Bonchev–Trinajstić information content (AvgIpc) is 2.88. The highest BCUT2D eigenvalue weighted by Crippen LogP contribution is 2.29. The maximum atomic E-state index is 12.7. The van der Waals surface area contributed by atoms with E-state index < -0.39 is 0 Å². The number of thioether (sulfide) groups is 1. The first-order chi connectivity index (χ1) is 17.1. The Labute approximate surface area is 207 Å². The molecule has 2 aliphatic rings. The highest BCUT2D eigenvalue weighted by molar-refractivity contribution is 8.00. The van der Waals surface area contributed by atoms with Crippen molar-refractivity contribution in [2.24, 2.45) is 0 Å². The second-order valence-corrected chi connectivity index (χ2v) is 9.60. The number of pyridine rings is 1. The van der Waals surface area contributed by atoms with E-state index in [1.165, 1.54) is 18.9 Å². The Morgan fingerprint density at radius 3 is 2.97 bits per heavy atom. The Kier molecular flexibility index (Phi) is 7.07. The summed E-state index contributed by atoms with van der Waals surface area (Å²) in [5, 5.41) is 12.8. The molecule has 0 aliphatic carbocycles. The van der Waals surface area contributed by atoms with Crippen molar-refractivity contribution in [1.29, 1.82) is 0 Å². The number of nitrogens with zero attached hydrogens (tertiary/aromatic N) is 3. The van der Waals surface area contributed by atoms with Crippen LogP contribution in [-0.4, -0.2) is 58.3 Å². The maximum absolute atomic E-state index is 12.7. The molecule has 3 aromatic rings. The van der Waals surface area contributed by atoms with Gasteiger partial charge in [-0.1, -0.05) is 6.07 Å². The predicted octanol–water partition coefficient (Wildman–Crippen LogP) is 2.32. The summed E-state index contributed by atoms with van der Waals surface area (Å²) in [4.78, 5) is 38.6. The van der Waals surface area contributed by atoms with Gasteiger partial charge in [0.25, 0.3) is 0 Å². The van der Waals surface area contributed by atoms with E-state index in [-0.39, 0.29) is 23.9 Å². The van der Waals surface area contributed by atoms with E-state index in [4.69, 9.17) is 4.74 Å². The van der Waals surface area contributed by atoms with Gasteiger partial charge in [-0.15, -0.1) is 11.8 Å². The Balaban J connectivity index is 1.10. The van der Waals surface area contributed by atoms with Gasteiger partial charge in [-0.05, 0) is 37.1 Å². The quantitative estimate of drug-likeness (QED) is 0.392. The second kappa shape index (κ2) is 10.5. The van der Waals surface area contributed by atoms with Crippen LogP contribution in [0.15, 0.2) is 41.4 Å². The van der Waals surface area contributed by atoms with Gasteiger partial charge < -0.3 is 26.0 Å². The molecule has 2 aromatic heterocycles. The monoisotopic (exact) mass is 493 g/mol. The number of amides is 2. The van der Waals surface area contributed by atoms with Crippen molar-refractivity contribution in [3.63, 3.8) is 0 Å². The molecule has 4 heterocycles. The van der Waals surface area contributed by atoms with E-state index in [1.54, 1.807) is 6.20 Å². The van der Waals surface area contributed by atoms with Gasteiger partial charge in [0.15, 0.2) is 0 Å². The Bertz CT molecular complexity index is 1250. The van der Waals surface area contributed by atoms with Crippen LogP contribution in [0.1, 0.15) is 25.0 Å². The number of hydrogen-bond acceptors (Lipinski definition) is 9. The molecule has 5 rings (SSSR count).